The number of rotatable bonds is 26. The number of aromatic nitrogens is 1. The Morgan fingerprint density at radius 3 is 2.13 bits per heavy atom. The number of esters is 1. The number of hydrogen-bond acceptors (Lipinski definition) is 12. The summed E-state index contributed by atoms with van der Waals surface area (Å²) in [5, 5.41) is 9.49. The highest BCUT2D eigenvalue weighted by Gasteiger charge is 2.27. The summed E-state index contributed by atoms with van der Waals surface area (Å²) < 4.78 is 32.3. The largest absolute Gasteiger partial charge is 0.469 e. The van der Waals surface area contributed by atoms with Crippen LogP contribution in [0.3, 0.4) is 0 Å². The molecule has 1 unspecified atom stereocenters. The van der Waals surface area contributed by atoms with E-state index >= 15 is 0 Å². The number of methoxy groups -OCH3 is 1. The second-order valence-corrected chi connectivity index (χ2v) is 13.7. The van der Waals surface area contributed by atoms with Gasteiger partial charge in [-0.15, -0.1) is 0 Å². The minimum Gasteiger partial charge on any atom is -0.469 e. The Labute approximate surface area is 331 Å². The zero-order chi connectivity index (χ0) is 40.5. The van der Waals surface area contributed by atoms with Crippen molar-refractivity contribution in [2.75, 3.05) is 78.0 Å². The second kappa shape index (κ2) is 26.6. The third-order valence-corrected chi connectivity index (χ3v) is 7.67. The third-order valence-electron chi connectivity index (χ3n) is 7.23. The van der Waals surface area contributed by atoms with Crippen LogP contribution >= 0.6 is 23.2 Å². The van der Waals surface area contributed by atoms with Crippen molar-refractivity contribution in [3.8, 4) is 0 Å². The molecular formula is C36H51Cl2N7O10. The zero-order valence-electron chi connectivity index (χ0n) is 31.7. The van der Waals surface area contributed by atoms with Crippen LogP contribution in [-0.2, 0) is 42.8 Å². The average molecular weight is 813 g/mol. The molecule has 55 heavy (non-hydrogen) atoms. The van der Waals surface area contributed by atoms with Crippen LogP contribution < -0.4 is 15.5 Å². The van der Waals surface area contributed by atoms with E-state index in [0.717, 1.165) is 0 Å². The molecule has 2 atom stereocenters. The van der Waals surface area contributed by atoms with Crippen LogP contribution in [0.15, 0.2) is 47.7 Å². The molecule has 0 aliphatic heterocycles. The Bertz CT molecular complexity index is 1510. The van der Waals surface area contributed by atoms with Crippen molar-refractivity contribution in [2.45, 2.75) is 64.1 Å². The molecule has 3 amide bonds. The van der Waals surface area contributed by atoms with Gasteiger partial charge in [0.05, 0.1) is 72.4 Å². The molecule has 304 valence electrons. The maximum absolute atomic E-state index is 13.7. The first-order valence-electron chi connectivity index (χ1n) is 17.7. The van der Waals surface area contributed by atoms with Crippen LogP contribution in [0, 0.1) is 0 Å². The first-order valence-corrected chi connectivity index (χ1v) is 18.4. The number of unbranched alkanes of at least 4 members (excludes halogenated alkanes) is 1. The van der Waals surface area contributed by atoms with E-state index in [1.165, 1.54) is 18.1 Å². The smallest absolute Gasteiger partial charge is 0.416 e. The summed E-state index contributed by atoms with van der Waals surface area (Å²) in [6.45, 7) is 7.47. The maximum atomic E-state index is 13.7. The predicted molar refractivity (Wildman–Crippen MR) is 205 cm³/mol. The Kier molecular flexibility index (Phi) is 22.7. The lowest BCUT2D eigenvalue weighted by Gasteiger charge is -2.26. The van der Waals surface area contributed by atoms with Crippen LogP contribution in [0.25, 0.3) is 10.4 Å². The third kappa shape index (κ3) is 20.9. The second-order valence-electron chi connectivity index (χ2n) is 12.8. The Balaban J connectivity index is 2.00. The highest BCUT2D eigenvalue weighted by Crippen LogP contribution is 2.26. The van der Waals surface area contributed by atoms with E-state index in [-0.39, 0.29) is 52.4 Å². The molecule has 19 heteroatoms. The van der Waals surface area contributed by atoms with Crippen molar-refractivity contribution < 1.29 is 47.6 Å². The van der Waals surface area contributed by atoms with Gasteiger partial charge in [-0.25, -0.2) is 9.78 Å². The molecule has 0 saturated carbocycles. The number of halogens is 2. The fraction of sp³-hybridized carbons (Fsp3) is 0.583. The number of pyridine rings is 1. The average Bonchev–Trinajstić information content (AvgIpc) is 3.13. The molecule has 2 N–H and O–H groups in total. The summed E-state index contributed by atoms with van der Waals surface area (Å²) in [6, 6.07) is 7.80. The van der Waals surface area contributed by atoms with Gasteiger partial charge in [-0.1, -0.05) is 34.4 Å². The number of anilines is 1. The first kappa shape index (κ1) is 46.9. The van der Waals surface area contributed by atoms with Crippen molar-refractivity contribution in [2.24, 2.45) is 5.11 Å². The van der Waals surface area contributed by atoms with Crippen molar-refractivity contribution in [3.05, 3.63) is 68.6 Å². The summed E-state index contributed by atoms with van der Waals surface area (Å²) in [5.74, 6) is -1.24. The number of nitrogens with one attached hydrogen (secondary N) is 2. The molecule has 1 aromatic heterocycles. The van der Waals surface area contributed by atoms with Crippen LogP contribution in [-0.4, -0.2) is 114 Å². The normalized spacial score (nSPS) is 12.2. The SMILES string of the molecule is COC(=O)CC(NC(=O)[C@H](COCCOCCOCCOCCN=[N+]=[N-])NC(=O)CCCCN(C(=O)OC(C)(C)C)c1ccccn1)c1cc(Cl)cc(Cl)c1. The number of nitrogens with zero attached hydrogens (tertiary/aromatic N) is 5. The van der Waals surface area contributed by atoms with E-state index in [9.17, 15) is 19.2 Å². The van der Waals surface area contributed by atoms with Crippen molar-refractivity contribution in [1.82, 2.24) is 15.6 Å². The first-order chi connectivity index (χ1) is 26.3. The van der Waals surface area contributed by atoms with Gasteiger partial charge < -0.3 is 39.1 Å². The zero-order valence-corrected chi connectivity index (χ0v) is 33.2. The topological polar surface area (TPSA) is 213 Å². The summed E-state index contributed by atoms with van der Waals surface area (Å²) in [4.78, 5) is 60.4. The highest BCUT2D eigenvalue weighted by molar-refractivity contribution is 6.34. The van der Waals surface area contributed by atoms with Crippen LogP contribution in [0.4, 0.5) is 10.6 Å². The molecular weight excluding hydrogens is 761 g/mol. The number of carbonyl (C=O) groups excluding carboxylic acids is 4. The number of azide groups is 1. The molecule has 2 aromatic rings. The number of amides is 3. The molecule has 17 nitrogen and oxygen atoms in total. The monoisotopic (exact) mass is 811 g/mol. The summed E-state index contributed by atoms with van der Waals surface area (Å²) >= 11 is 12.4. The number of hydrogen-bond donors (Lipinski definition) is 2. The molecule has 1 heterocycles. The van der Waals surface area contributed by atoms with Gasteiger partial charge in [0.2, 0.25) is 11.8 Å². The number of benzene rings is 1. The van der Waals surface area contributed by atoms with Gasteiger partial charge in [0, 0.05) is 40.7 Å². The fourth-order valence-corrected chi connectivity index (χ4v) is 5.24. The lowest BCUT2D eigenvalue weighted by atomic mass is 10.0. The number of carbonyl (C=O) groups is 4. The molecule has 0 fully saturated rings. The molecule has 2 rings (SSSR count). The summed E-state index contributed by atoms with van der Waals surface area (Å²) in [5.41, 5.74) is 7.99. The van der Waals surface area contributed by atoms with Crippen LogP contribution in [0.2, 0.25) is 10.0 Å². The predicted octanol–water partition coefficient (Wildman–Crippen LogP) is 5.58. The van der Waals surface area contributed by atoms with E-state index in [1.54, 1.807) is 57.3 Å². The van der Waals surface area contributed by atoms with E-state index in [0.29, 0.717) is 60.7 Å². The van der Waals surface area contributed by atoms with E-state index in [4.69, 9.17) is 57.2 Å². The summed E-state index contributed by atoms with van der Waals surface area (Å²) in [6.07, 6.45) is 1.61. The molecule has 0 saturated heterocycles. The van der Waals surface area contributed by atoms with Gasteiger partial charge in [-0.05, 0) is 75.0 Å². The molecule has 0 bridgehead atoms. The van der Waals surface area contributed by atoms with Gasteiger partial charge in [0.25, 0.3) is 0 Å². The highest BCUT2D eigenvalue weighted by atomic mass is 35.5. The van der Waals surface area contributed by atoms with E-state index < -0.39 is 41.6 Å². The molecule has 0 aliphatic rings. The lowest BCUT2D eigenvalue weighted by molar-refractivity contribution is -0.141. The van der Waals surface area contributed by atoms with Gasteiger partial charge in [-0.2, -0.15) is 0 Å². The van der Waals surface area contributed by atoms with Crippen molar-refractivity contribution in [1.29, 1.82) is 0 Å². The number of ether oxygens (including phenoxy) is 6. The fourth-order valence-electron chi connectivity index (χ4n) is 4.70. The van der Waals surface area contributed by atoms with Crippen molar-refractivity contribution in [3.63, 3.8) is 0 Å². The Morgan fingerprint density at radius 2 is 1.55 bits per heavy atom. The Morgan fingerprint density at radius 1 is 0.909 bits per heavy atom. The molecule has 0 spiro atoms. The standard InChI is InChI=1S/C36H51Cl2N7O10/c1-36(2,3)55-35(49)45(31-9-5-7-11-40-31)13-8-6-10-32(46)42-30(25-54-20-19-53-18-17-52-16-15-51-14-12-41-44-39)34(48)43-29(24-33(47)50-4)26-21-27(37)23-28(38)22-26/h5,7,9,11,21-23,29-30H,6,8,10,12-20,24-25H2,1-4H3,(H,42,46)(H,43,48)/t29?,30-/m0/s1. The van der Waals surface area contributed by atoms with Gasteiger partial charge in [-0.3, -0.25) is 19.3 Å². The van der Waals surface area contributed by atoms with Crippen LogP contribution in [0.1, 0.15) is 58.1 Å². The van der Waals surface area contributed by atoms with Gasteiger partial charge >= 0.3 is 12.1 Å². The molecule has 0 aliphatic carbocycles. The van der Waals surface area contributed by atoms with E-state index in [1.807, 2.05) is 0 Å². The van der Waals surface area contributed by atoms with Gasteiger partial charge in [0.1, 0.15) is 17.5 Å². The Hall–Kier alpha value is -4.22. The molecule has 0 radical (unpaired) electrons. The minimum atomic E-state index is -1.16. The van der Waals surface area contributed by atoms with Gasteiger partial charge in [0.15, 0.2) is 0 Å². The van der Waals surface area contributed by atoms with Crippen molar-refractivity contribution >= 4 is 52.9 Å². The molecule has 1 aromatic carbocycles. The lowest BCUT2D eigenvalue weighted by Crippen LogP contribution is -2.50. The minimum absolute atomic E-state index is 0.0333. The summed E-state index contributed by atoms with van der Waals surface area (Å²) in [7, 11) is 1.23. The maximum Gasteiger partial charge on any atom is 0.416 e. The quantitative estimate of drug-likeness (QED) is 0.0393. The van der Waals surface area contributed by atoms with Crippen LogP contribution in [0.5, 0.6) is 0 Å². The van der Waals surface area contributed by atoms with E-state index in [2.05, 4.69) is 25.6 Å².